The summed E-state index contributed by atoms with van der Waals surface area (Å²) in [5.41, 5.74) is 5.28. The molecule has 0 aliphatic carbocycles. The molecule has 0 aromatic heterocycles. The van der Waals surface area contributed by atoms with Gasteiger partial charge in [-0.25, -0.2) is 4.79 Å². The number of hydrogen-bond acceptors (Lipinski definition) is 4. The second-order valence-electron chi connectivity index (χ2n) is 1.67. The van der Waals surface area contributed by atoms with Gasteiger partial charge in [-0.1, -0.05) is 6.58 Å². The highest BCUT2D eigenvalue weighted by molar-refractivity contribution is 5.78. The van der Waals surface area contributed by atoms with E-state index in [0.717, 1.165) is 0 Å². The molecule has 2 N–H and O–H groups in total. The zero-order valence-corrected chi connectivity index (χ0v) is 6.09. The summed E-state index contributed by atoms with van der Waals surface area (Å²) >= 11 is 0. The van der Waals surface area contributed by atoms with Crippen molar-refractivity contribution in [2.24, 2.45) is 5.73 Å². The fourth-order valence-electron chi connectivity index (χ4n) is 0.385. The number of esters is 1. The van der Waals surface area contributed by atoms with Crippen LogP contribution in [0.5, 0.6) is 0 Å². The molecule has 0 heterocycles. The molecule has 0 aromatic carbocycles. The Morgan fingerprint density at radius 2 is 2.00 bits per heavy atom. The van der Waals surface area contributed by atoms with E-state index < -0.39 is 12.0 Å². The van der Waals surface area contributed by atoms with E-state index in [9.17, 15) is 4.79 Å². The summed E-state index contributed by atoms with van der Waals surface area (Å²) in [7, 11) is 2.65. The zero-order valence-electron chi connectivity index (χ0n) is 6.09. The van der Waals surface area contributed by atoms with Gasteiger partial charge in [-0.2, -0.15) is 0 Å². The molecule has 0 aliphatic rings. The van der Waals surface area contributed by atoms with E-state index in [4.69, 9.17) is 5.73 Å². The van der Waals surface area contributed by atoms with Gasteiger partial charge in [0.05, 0.1) is 14.2 Å². The van der Waals surface area contributed by atoms with Gasteiger partial charge in [-0.05, 0) is 0 Å². The van der Waals surface area contributed by atoms with Crippen LogP contribution >= 0.6 is 0 Å². The van der Waals surface area contributed by atoms with Gasteiger partial charge in [-0.15, -0.1) is 0 Å². The van der Waals surface area contributed by atoms with E-state index in [1.165, 1.54) is 14.2 Å². The highest BCUT2D eigenvalue weighted by Gasteiger charge is 2.17. The molecule has 1 unspecified atom stereocenters. The second kappa shape index (κ2) is 3.90. The van der Waals surface area contributed by atoms with Crippen molar-refractivity contribution in [1.29, 1.82) is 0 Å². The quantitative estimate of drug-likeness (QED) is 0.435. The van der Waals surface area contributed by atoms with Crippen molar-refractivity contribution in [2.45, 2.75) is 6.04 Å². The van der Waals surface area contributed by atoms with Crippen molar-refractivity contribution in [3.63, 3.8) is 0 Å². The van der Waals surface area contributed by atoms with Gasteiger partial charge in [0.2, 0.25) is 0 Å². The van der Waals surface area contributed by atoms with Gasteiger partial charge in [0.1, 0.15) is 5.76 Å². The average Bonchev–Trinajstić information content (AvgIpc) is 2.00. The van der Waals surface area contributed by atoms with Crippen LogP contribution in [0.1, 0.15) is 0 Å². The summed E-state index contributed by atoms with van der Waals surface area (Å²) in [6.07, 6.45) is 0. The van der Waals surface area contributed by atoms with Crippen LogP contribution in [-0.4, -0.2) is 26.2 Å². The lowest BCUT2D eigenvalue weighted by Crippen LogP contribution is -2.33. The van der Waals surface area contributed by atoms with Crippen LogP contribution in [-0.2, 0) is 14.3 Å². The Balaban J connectivity index is 3.94. The van der Waals surface area contributed by atoms with Crippen molar-refractivity contribution in [3.8, 4) is 0 Å². The lowest BCUT2D eigenvalue weighted by Gasteiger charge is -2.09. The Hall–Kier alpha value is -1.03. The molecular weight excluding hydrogens is 134 g/mol. The zero-order chi connectivity index (χ0) is 8.15. The fourth-order valence-corrected chi connectivity index (χ4v) is 0.385. The number of methoxy groups -OCH3 is 2. The minimum atomic E-state index is -0.880. The van der Waals surface area contributed by atoms with Crippen molar-refractivity contribution in [1.82, 2.24) is 0 Å². The van der Waals surface area contributed by atoms with E-state index >= 15 is 0 Å². The summed E-state index contributed by atoms with van der Waals surface area (Å²) < 4.78 is 8.94. The predicted octanol–water partition coefficient (Wildman–Crippen LogP) is -0.353. The summed E-state index contributed by atoms with van der Waals surface area (Å²) in [6.45, 7) is 3.39. The van der Waals surface area contributed by atoms with Crippen molar-refractivity contribution < 1.29 is 14.3 Å². The van der Waals surface area contributed by atoms with Gasteiger partial charge < -0.3 is 15.2 Å². The third-order valence-electron chi connectivity index (χ3n) is 1.06. The molecule has 0 saturated heterocycles. The molecule has 0 saturated carbocycles. The van der Waals surface area contributed by atoms with E-state index in [1.54, 1.807) is 0 Å². The van der Waals surface area contributed by atoms with E-state index in [-0.39, 0.29) is 5.76 Å². The number of rotatable bonds is 3. The topological polar surface area (TPSA) is 61.5 Å². The molecule has 0 radical (unpaired) electrons. The van der Waals surface area contributed by atoms with E-state index in [1.807, 2.05) is 0 Å². The largest absolute Gasteiger partial charge is 0.499 e. The minimum absolute atomic E-state index is 0.201. The monoisotopic (exact) mass is 145 g/mol. The third kappa shape index (κ3) is 2.06. The van der Waals surface area contributed by atoms with Crippen LogP contribution < -0.4 is 5.73 Å². The maximum Gasteiger partial charge on any atom is 0.330 e. The van der Waals surface area contributed by atoms with Crippen LogP contribution in [0.4, 0.5) is 0 Å². The SMILES string of the molecule is C=C(OC)C(N)C(=O)OC. The smallest absolute Gasteiger partial charge is 0.330 e. The van der Waals surface area contributed by atoms with Crippen molar-refractivity contribution >= 4 is 5.97 Å². The summed E-state index contributed by atoms with van der Waals surface area (Å²) in [6, 6.07) is -0.880. The number of ether oxygens (including phenoxy) is 2. The first-order chi connectivity index (χ1) is 4.63. The summed E-state index contributed by atoms with van der Waals surface area (Å²) in [4.78, 5) is 10.6. The van der Waals surface area contributed by atoms with Gasteiger partial charge in [0, 0.05) is 0 Å². The number of hydrogen-bond donors (Lipinski definition) is 1. The molecular formula is C6H11NO3. The highest BCUT2D eigenvalue weighted by Crippen LogP contribution is 1.97. The summed E-state index contributed by atoms with van der Waals surface area (Å²) in [5, 5.41) is 0. The second-order valence-corrected chi connectivity index (χ2v) is 1.67. The maximum absolute atomic E-state index is 10.6. The van der Waals surface area contributed by atoms with Crippen LogP contribution in [0.15, 0.2) is 12.3 Å². The van der Waals surface area contributed by atoms with E-state index in [2.05, 4.69) is 16.1 Å². The number of carbonyl (C=O) groups is 1. The molecule has 0 bridgehead atoms. The maximum atomic E-state index is 10.6. The van der Waals surface area contributed by atoms with Crippen molar-refractivity contribution in [3.05, 3.63) is 12.3 Å². The molecule has 0 spiro atoms. The molecule has 0 aliphatic heterocycles. The first-order valence-corrected chi connectivity index (χ1v) is 2.69. The number of carbonyl (C=O) groups excluding carboxylic acids is 1. The molecule has 10 heavy (non-hydrogen) atoms. The average molecular weight is 145 g/mol. The minimum Gasteiger partial charge on any atom is -0.499 e. The van der Waals surface area contributed by atoms with Gasteiger partial charge in [-0.3, -0.25) is 0 Å². The Bertz CT molecular complexity index is 128. The number of nitrogens with two attached hydrogens (primary N) is 1. The summed E-state index contributed by atoms with van der Waals surface area (Å²) in [5.74, 6) is -0.348. The lowest BCUT2D eigenvalue weighted by atomic mass is 10.3. The molecule has 4 nitrogen and oxygen atoms in total. The molecule has 58 valence electrons. The van der Waals surface area contributed by atoms with Gasteiger partial charge in [0.25, 0.3) is 0 Å². The van der Waals surface area contributed by atoms with Crippen LogP contribution in [0.3, 0.4) is 0 Å². The Morgan fingerprint density at radius 1 is 1.50 bits per heavy atom. The van der Waals surface area contributed by atoms with Gasteiger partial charge in [0.15, 0.2) is 6.04 Å². The van der Waals surface area contributed by atoms with Crippen LogP contribution in [0.25, 0.3) is 0 Å². The molecule has 4 heteroatoms. The van der Waals surface area contributed by atoms with Crippen LogP contribution in [0, 0.1) is 0 Å². The molecule has 0 aromatic rings. The first kappa shape index (κ1) is 8.97. The Kier molecular flexibility index (Phi) is 3.49. The molecule has 0 amide bonds. The standard InChI is InChI=1S/C6H11NO3/c1-4(9-2)5(7)6(8)10-3/h5H,1,7H2,2-3H3. The fraction of sp³-hybridized carbons (Fsp3) is 0.500. The normalized spacial score (nSPS) is 11.9. The predicted molar refractivity (Wildman–Crippen MR) is 36.1 cm³/mol. The Labute approximate surface area is 59.6 Å². The molecule has 0 rings (SSSR count). The van der Waals surface area contributed by atoms with Crippen molar-refractivity contribution in [2.75, 3.05) is 14.2 Å². The van der Waals surface area contributed by atoms with Gasteiger partial charge >= 0.3 is 5.97 Å². The molecule has 1 atom stereocenters. The highest BCUT2D eigenvalue weighted by atomic mass is 16.5. The lowest BCUT2D eigenvalue weighted by molar-refractivity contribution is -0.141. The van der Waals surface area contributed by atoms with Crippen LogP contribution in [0.2, 0.25) is 0 Å². The van der Waals surface area contributed by atoms with E-state index in [0.29, 0.717) is 0 Å². The Morgan fingerprint density at radius 3 is 2.30 bits per heavy atom. The first-order valence-electron chi connectivity index (χ1n) is 2.69. The molecule has 0 fully saturated rings. The third-order valence-corrected chi connectivity index (χ3v) is 1.06.